The second-order valence-corrected chi connectivity index (χ2v) is 6.47. The van der Waals surface area contributed by atoms with Crippen molar-refractivity contribution in [2.45, 2.75) is 25.7 Å². The number of anilines is 2. The maximum absolute atomic E-state index is 12.3. The molecule has 0 aliphatic heterocycles. The van der Waals surface area contributed by atoms with E-state index in [1.165, 1.54) is 6.20 Å². The summed E-state index contributed by atoms with van der Waals surface area (Å²) in [6.07, 6.45) is 1.42. The first-order chi connectivity index (χ1) is 9.29. The van der Waals surface area contributed by atoms with Gasteiger partial charge in [-0.05, 0) is 55.7 Å². The van der Waals surface area contributed by atoms with Crippen molar-refractivity contribution >= 4 is 21.5 Å². The topological polar surface area (TPSA) is 85.1 Å². The molecule has 0 fully saturated rings. The standard InChI is InChI=1S/C14H17N3O2S/c1-9-4-5-13(7-10(9)2)20(18,19)17-14-11(3)6-12(15)8-16-14/h4-8H,15H2,1-3H3,(H,16,17). The van der Waals surface area contributed by atoms with Gasteiger partial charge in [-0.25, -0.2) is 13.4 Å². The van der Waals surface area contributed by atoms with Gasteiger partial charge >= 0.3 is 0 Å². The van der Waals surface area contributed by atoms with Crippen molar-refractivity contribution in [3.63, 3.8) is 0 Å². The van der Waals surface area contributed by atoms with Crippen LogP contribution in [0.25, 0.3) is 0 Å². The van der Waals surface area contributed by atoms with Gasteiger partial charge in [-0.15, -0.1) is 0 Å². The fourth-order valence-corrected chi connectivity index (χ4v) is 2.94. The minimum atomic E-state index is -3.64. The van der Waals surface area contributed by atoms with Gasteiger partial charge in [-0.3, -0.25) is 4.72 Å². The molecular formula is C14H17N3O2S. The van der Waals surface area contributed by atoms with Crippen molar-refractivity contribution in [1.82, 2.24) is 4.98 Å². The molecule has 0 amide bonds. The Labute approximate surface area is 118 Å². The molecule has 2 rings (SSSR count). The zero-order valence-corrected chi connectivity index (χ0v) is 12.5. The Kier molecular flexibility index (Phi) is 3.67. The van der Waals surface area contributed by atoms with Crippen LogP contribution in [0.2, 0.25) is 0 Å². The fourth-order valence-electron chi connectivity index (χ4n) is 1.77. The summed E-state index contributed by atoms with van der Waals surface area (Å²) in [5.74, 6) is 0.289. The molecule has 3 N–H and O–H groups in total. The third-order valence-electron chi connectivity index (χ3n) is 3.12. The number of aryl methyl sites for hydroxylation is 3. The summed E-state index contributed by atoms with van der Waals surface area (Å²) in [4.78, 5) is 4.23. The highest BCUT2D eigenvalue weighted by Gasteiger charge is 2.16. The normalized spacial score (nSPS) is 11.3. The highest BCUT2D eigenvalue weighted by atomic mass is 32.2. The van der Waals surface area contributed by atoms with Crippen LogP contribution >= 0.6 is 0 Å². The Bertz CT molecular complexity index is 755. The number of aromatic nitrogens is 1. The summed E-state index contributed by atoms with van der Waals surface area (Å²) in [5.41, 5.74) is 8.75. The number of rotatable bonds is 3. The molecule has 0 unspecified atom stereocenters. The van der Waals surface area contributed by atoms with E-state index in [-0.39, 0.29) is 10.7 Å². The van der Waals surface area contributed by atoms with Crippen molar-refractivity contribution in [3.05, 3.63) is 47.2 Å². The second kappa shape index (κ2) is 5.13. The lowest BCUT2D eigenvalue weighted by molar-refractivity contribution is 0.601. The summed E-state index contributed by atoms with van der Waals surface area (Å²) in [5, 5.41) is 0. The lowest BCUT2D eigenvalue weighted by Gasteiger charge is -2.11. The third-order valence-corrected chi connectivity index (χ3v) is 4.46. The molecule has 1 aromatic carbocycles. The maximum Gasteiger partial charge on any atom is 0.263 e. The second-order valence-electron chi connectivity index (χ2n) is 4.79. The van der Waals surface area contributed by atoms with Crippen molar-refractivity contribution in [2.24, 2.45) is 0 Å². The Morgan fingerprint density at radius 1 is 1.05 bits per heavy atom. The molecule has 0 radical (unpaired) electrons. The van der Waals surface area contributed by atoms with Gasteiger partial charge in [0.2, 0.25) is 0 Å². The van der Waals surface area contributed by atoms with Crippen LogP contribution in [0.1, 0.15) is 16.7 Å². The molecule has 1 heterocycles. The number of sulfonamides is 1. The fraction of sp³-hybridized carbons (Fsp3) is 0.214. The first-order valence-corrected chi connectivity index (χ1v) is 7.60. The van der Waals surface area contributed by atoms with Crippen LogP contribution in [0, 0.1) is 20.8 Å². The van der Waals surface area contributed by atoms with Crippen molar-refractivity contribution < 1.29 is 8.42 Å². The molecule has 1 aromatic heterocycles. The first kappa shape index (κ1) is 14.3. The molecule has 0 bridgehead atoms. The highest BCUT2D eigenvalue weighted by molar-refractivity contribution is 7.92. The SMILES string of the molecule is Cc1ccc(S(=O)(=O)Nc2ncc(N)cc2C)cc1C. The van der Waals surface area contributed by atoms with Crippen LogP contribution in [-0.2, 0) is 10.0 Å². The molecule has 0 saturated carbocycles. The van der Waals surface area contributed by atoms with Gasteiger partial charge in [0.15, 0.2) is 0 Å². The zero-order chi connectivity index (χ0) is 14.9. The molecule has 0 aliphatic carbocycles. The molecule has 6 heteroatoms. The minimum Gasteiger partial charge on any atom is -0.397 e. The van der Waals surface area contributed by atoms with Crippen LogP contribution in [0.3, 0.4) is 0 Å². The average Bonchev–Trinajstić information content (AvgIpc) is 2.36. The smallest absolute Gasteiger partial charge is 0.263 e. The lowest BCUT2D eigenvalue weighted by Crippen LogP contribution is -2.15. The molecule has 0 spiro atoms. The zero-order valence-electron chi connectivity index (χ0n) is 11.6. The van der Waals surface area contributed by atoms with E-state index in [4.69, 9.17) is 5.73 Å². The Hall–Kier alpha value is -2.08. The minimum absolute atomic E-state index is 0.221. The molecule has 5 nitrogen and oxygen atoms in total. The molecule has 20 heavy (non-hydrogen) atoms. The van der Waals surface area contributed by atoms with E-state index in [0.29, 0.717) is 11.3 Å². The van der Waals surface area contributed by atoms with Crippen molar-refractivity contribution in [2.75, 3.05) is 10.5 Å². The predicted octanol–water partition coefficient (Wildman–Crippen LogP) is 2.39. The molecular weight excluding hydrogens is 274 g/mol. The van der Waals surface area contributed by atoms with Gasteiger partial charge in [0.1, 0.15) is 5.82 Å². The van der Waals surface area contributed by atoms with Gasteiger partial charge in [0, 0.05) is 0 Å². The highest BCUT2D eigenvalue weighted by Crippen LogP contribution is 2.20. The number of benzene rings is 1. The summed E-state index contributed by atoms with van der Waals surface area (Å²) in [7, 11) is -3.64. The Morgan fingerprint density at radius 3 is 2.35 bits per heavy atom. The van der Waals surface area contributed by atoms with E-state index in [1.807, 2.05) is 13.8 Å². The summed E-state index contributed by atoms with van der Waals surface area (Å²) in [6, 6.07) is 6.68. The largest absolute Gasteiger partial charge is 0.397 e. The number of nitrogen functional groups attached to an aromatic ring is 1. The molecule has 0 atom stereocenters. The molecule has 106 valence electrons. The van der Waals surface area contributed by atoms with Gasteiger partial charge in [0.05, 0.1) is 16.8 Å². The average molecular weight is 291 g/mol. The summed E-state index contributed by atoms with van der Waals surface area (Å²) in [6.45, 7) is 5.56. The van der Waals surface area contributed by atoms with E-state index in [9.17, 15) is 8.42 Å². The van der Waals surface area contributed by atoms with E-state index in [1.54, 1.807) is 31.2 Å². The first-order valence-electron chi connectivity index (χ1n) is 6.12. The van der Waals surface area contributed by atoms with Crippen LogP contribution in [0.5, 0.6) is 0 Å². The Morgan fingerprint density at radius 2 is 1.75 bits per heavy atom. The van der Waals surface area contributed by atoms with Gasteiger partial charge in [-0.1, -0.05) is 6.07 Å². The van der Waals surface area contributed by atoms with E-state index < -0.39 is 10.0 Å². The van der Waals surface area contributed by atoms with E-state index in [0.717, 1.165) is 11.1 Å². The number of hydrogen-bond donors (Lipinski definition) is 2. The number of pyridine rings is 1. The van der Waals surface area contributed by atoms with Gasteiger partial charge < -0.3 is 5.73 Å². The van der Waals surface area contributed by atoms with Crippen molar-refractivity contribution in [1.29, 1.82) is 0 Å². The van der Waals surface area contributed by atoms with Gasteiger partial charge in [-0.2, -0.15) is 0 Å². The summed E-state index contributed by atoms with van der Waals surface area (Å²) < 4.78 is 27.1. The van der Waals surface area contributed by atoms with Crippen LogP contribution in [0.15, 0.2) is 35.4 Å². The number of nitrogens with one attached hydrogen (secondary N) is 1. The van der Waals surface area contributed by atoms with Crippen molar-refractivity contribution in [3.8, 4) is 0 Å². The monoisotopic (exact) mass is 291 g/mol. The molecule has 2 aromatic rings. The number of hydrogen-bond acceptors (Lipinski definition) is 4. The van der Waals surface area contributed by atoms with Crippen LogP contribution in [-0.4, -0.2) is 13.4 Å². The third kappa shape index (κ3) is 2.91. The molecule has 0 aliphatic rings. The number of nitrogens with zero attached hydrogens (tertiary/aromatic N) is 1. The number of nitrogens with two attached hydrogens (primary N) is 1. The lowest BCUT2D eigenvalue weighted by atomic mass is 10.1. The quantitative estimate of drug-likeness (QED) is 0.909. The van der Waals surface area contributed by atoms with Crippen LogP contribution in [0.4, 0.5) is 11.5 Å². The van der Waals surface area contributed by atoms with E-state index in [2.05, 4.69) is 9.71 Å². The summed E-state index contributed by atoms with van der Waals surface area (Å²) >= 11 is 0. The predicted molar refractivity (Wildman–Crippen MR) is 80.1 cm³/mol. The maximum atomic E-state index is 12.3. The Balaban J connectivity index is 2.38. The van der Waals surface area contributed by atoms with Crippen LogP contribution < -0.4 is 10.5 Å². The van der Waals surface area contributed by atoms with E-state index >= 15 is 0 Å². The van der Waals surface area contributed by atoms with Gasteiger partial charge in [0.25, 0.3) is 10.0 Å². The molecule has 0 saturated heterocycles.